The second-order valence-corrected chi connectivity index (χ2v) is 6.69. The summed E-state index contributed by atoms with van der Waals surface area (Å²) in [6.45, 7) is 7.47. The van der Waals surface area contributed by atoms with E-state index in [0.717, 1.165) is 0 Å². The number of hydrogen-bond donors (Lipinski definition) is 2. The van der Waals surface area contributed by atoms with Crippen LogP contribution in [0.5, 0.6) is 0 Å². The van der Waals surface area contributed by atoms with E-state index in [-0.39, 0.29) is 24.6 Å². The molecule has 0 bridgehead atoms. The molecule has 1 aromatic rings. The second kappa shape index (κ2) is 9.36. The van der Waals surface area contributed by atoms with Crippen molar-refractivity contribution in [3.05, 3.63) is 41.1 Å². The van der Waals surface area contributed by atoms with E-state index in [1.54, 1.807) is 45.0 Å². The van der Waals surface area contributed by atoms with Crippen LogP contribution in [0.2, 0.25) is 0 Å². The fourth-order valence-corrected chi connectivity index (χ4v) is 3.08. The third-order valence-corrected chi connectivity index (χ3v) is 4.25. The molecule has 3 amide bonds. The highest BCUT2D eigenvalue weighted by molar-refractivity contribution is 5.95. The summed E-state index contributed by atoms with van der Waals surface area (Å²) in [7, 11) is 1.44. The van der Waals surface area contributed by atoms with E-state index in [2.05, 4.69) is 10.6 Å². The number of ether oxygens (including phenoxy) is 2. The fraction of sp³-hybridized carbons (Fsp3) is 0.450. The standard InChI is InChI=1S/C20H27N3O5/c1-6-23-13(4)17(19(25)28-12(2)3)18(22-20(23)26)14-8-7-9-15(10-14)21-16(24)11-27-5/h7-10,12,18H,6,11H2,1-5H3,(H,21,24)(H,22,26). The van der Waals surface area contributed by atoms with Crippen molar-refractivity contribution in [1.29, 1.82) is 0 Å². The molecule has 152 valence electrons. The Hall–Kier alpha value is -2.87. The molecule has 0 aliphatic carbocycles. The molecule has 2 rings (SSSR count). The zero-order valence-electron chi connectivity index (χ0n) is 16.9. The Morgan fingerprint density at radius 3 is 2.64 bits per heavy atom. The monoisotopic (exact) mass is 389 g/mol. The minimum atomic E-state index is -0.680. The number of methoxy groups -OCH3 is 1. The number of carbonyl (C=O) groups excluding carboxylic acids is 3. The van der Waals surface area contributed by atoms with Gasteiger partial charge in [0.25, 0.3) is 0 Å². The highest BCUT2D eigenvalue weighted by atomic mass is 16.5. The first-order chi connectivity index (χ1) is 13.3. The van der Waals surface area contributed by atoms with Gasteiger partial charge in [0.2, 0.25) is 5.91 Å². The highest BCUT2D eigenvalue weighted by Gasteiger charge is 2.36. The number of rotatable bonds is 7. The molecule has 0 saturated carbocycles. The number of nitrogens with one attached hydrogen (secondary N) is 2. The molecule has 8 heteroatoms. The summed E-state index contributed by atoms with van der Waals surface area (Å²) < 4.78 is 10.2. The maximum absolute atomic E-state index is 12.8. The van der Waals surface area contributed by atoms with Gasteiger partial charge in [0.15, 0.2) is 0 Å². The molecule has 0 fully saturated rings. The lowest BCUT2D eigenvalue weighted by Crippen LogP contribution is -2.48. The van der Waals surface area contributed by atoms with E-state index in [4.69, 9.17) is 9.47 Å². The van der Waals surface area contributed by atoms with Crippen LogP contribution in [0.4, 0.5) is 10.5 Å². The maximum Gasteiger partial charge on any atom is 0.338 e. The number of amides is 3. The topological polar surface area (TPSA) is 97.0 Å². The van der Waals surface area contributed by atoms with E-state index >= 15 is 0 Å². The summed E-state index contributed by atoms with van der Waals surface area (Å²) >= 11 is 0. The van der Waals surface area contributed by atoms with E-state index in [1.807, 2.05) is 6.92 Å². The third kappa shape index (κ3) is 4.89. The van der Waals surface area contributed by atoms with Crippen LogP contribution < -0.4 is 10.6 Å². The van der Waals surface area contributed by atoms with Gasteiger partial charge in [-0.3, -0.25) is 9.69 Å². The van der Waals surface area contributed by atoms with E-state index in [0.29, 0.717) is 29.1 Å². The van der Waals surface area contributed by atoms with Crippen LogP contribution in [0.1, 0.15) is 39.3 Å². The smallest absolute Gasteiger partial charge is 0.338 e. The number of anilines is 1. The molecule has 0 spiro atoms. The first-order valence-corrected chi connectivity index (χ1v) is 9.17. The zero-order valence-corrected chi connectivity index (χ0v) is 16.9. The third-order valence-electron chi connectivity index (χ3n) is 4.25. The number of esters is 1. The molecule has 8 nitrogen and oxygen atoms in total. The van der Waals surface area contributed by atoms with Crippen molar-refractivity contribution in [2.75, 3.05) is 25.6 Å². The first-order valence-electron chi connectivity index (χ1n) is 9.17. The molecule has 1 heterocycles. The largest absolute Gasteiger partial charge is 0.459 e. The molecule has 1 aliphatic rings. The summed E-state index contributed by atoms with van der Waals surface area (Å²) in [6, 6.07) is 6.00. The number of carbonyl (C=O) groups is 3. The highest BCUT2D eigenvalue weighted by Crippen LogP contribution is 2.32. The summed E-state index contributed by atoms with van der Waals surface area (Å²) in [4.78, 5) is 38.6. The van der Waals surface area contributed by atoms with Crippen molar-refractivity contribution < 1.29 is 23.9 Å². The van der Waals surface area contributed by atoms with Crippen LogP contribution in [-0.2, 0) is 19.1 Å². The average Bonchev–Trinajstić information content (AvgIpc) is 2.61. The van der Waals surface area contributed by atoms with Crippen molar-refractivity contribution in [3.8, 4) is 0 Å². The predicted octanol–water partition coefficient (Wildman–Crippen LogP) is 2.58. The predicted molar refractivity (Wildman–Crippen MR) is 105 cm³/mol. The van der Waals surface area contributed by atoms with E-state index in [1.165, 1.54) is 12.0 Å². The Kier molecular flexibility index (Phi) is 7.17. The Balaban J connectivity index is 2.43. The number of urea groups is 1. The Morgan fingerprint density at radius 1 is 1.32 bits per heavy atom. The Bertz CT molecular complexity index is 788. The number of nitrogens with zero attached hydrogens (tertiary/aromatic N) is 1. The molecule has 0 aromatic heterocycles. The minimum Gasteiger partial charge on any atom is -0.459 e. The van der Waals surface area contributed by atoms with E-state index in [9.17, 15) is 14.4 Å². The number of allylic oxidation sites excluding steroid dienone is 1. The molecule has 1 atom stereocenters. The van der Waals surface area contributed by atoms with Crippen LogP contribution in [0.25, 0.3) is 0 Å². The molecule has 2 N–H and O–H groups in total. The van der Waals surface area contributed by atoms with Gasteiger partial charge in [0.1, 0.15) is 6.61 Å². The molecular weight excluding hydrogens is 362 g/mol. The van der Waals surface area contributed by atoms with Gasteiger partial charge in [-0.1, -0.05) is 12.1 Å². The quantitative estimate of drug-likeness (QED) is 0.699. The fourth-order valence-electron chi connectivity index (χ4n) is 3.08. The summed E-state index contributed by atoms with van der Waals surface area (Å²) in [5.41, 5.74) is 2.13. The van der Waals surface area contributed by atoms with Gasteiger partial charge in [0, 0.05) is 25.0 Å². The number of benzene rings is 1. The normalized spacial score (nSPS) is 16.9. The van der Waals surface area contributed by atoms with Crippen molar-refractivity contribution in [3.63, 3.8) is 0 Å². The second-order valence-electron chi connectivity index (χ2n) is 6.69. The lowest BCUT2D eigenvalue weighted by atomic mass is 9.94. The summed E-state index contributed by atoms with van der Waals surface area (Å²) in [6.07, 6.45) is -0.291. The van der Waals surface area contributed by atoms with Crippen LogP contribution in [0.15, 0.2) is 35.5 Å². The van der Waals surface area contributed by atoms with Gasteiger partial charge >= 0.3 is 12.0 Å². The van der Waals surface area contributed by atoms with Gasteiger partial charge in [-0.25, -0.2) is 9.59 Å². The van der Waals surface area contributed by atoms with Crippen molar-refractivity contribution in [2.45, 2.75) is 39.8 Å². The van der Waals surface area contributed by atoms with Gasteiger partial charge < -0.3 is 20.1 Å². The molecular formula is C20H27N3O5. The number of hydrogen-bond acceptors (Lipinski definition) is 5. The van der Waals surface area contributed by atoms with Crippen LogP contribution in [0.3, 0.4) is 0 Å². The SMILES string of the molecule is CCN1C(=O)NC(c2cccc(NC(=O)COC)c2)C(C(=O)OC(C)C)=C1C. The average molecular weight is 389 g/mol. The molecule has 1 aliphatic heterocycles. The molecule has 28 heavy (non-hydrogen) atoms. The lowest BCUT2D eigenvalue weighted by molar-refractivity contribution is -0.143. The Morgan fingerprint density at radius 2 is 2.04 bits per heavy atom. The molecule has 0 radical (unpaired) electrons. The van der Waals surface area contributed by atoms with Crippen LogP contribution >= 0.6 is 0 Å². The summed E-state index contributed by atoms with van der Waals surface area (Å²) in [5, 5.41) is 5.59. The molecule has 1 aromatic carbocycles. The van der Waals surface area contributed by atoms with Gasteiger partial charge in [-0.05, 0) is 45.4 Å². The van der Waals surface area contributed by atoms with Crippen LogP contribution in [0, 0.1) is 0 Å². The van der Waals surface area contributed by atoms with Gasteiger partial charge in [0.05, 0.1) is 17.7 Å². The van der Waals surface area contributed by atoms with Gasteiger partial charge in [-0.15, -0.1) is 0 Å². The zero-order chi connectivity index (χ0) is 20.8. The lowest BCUT2D eigenvalue weighted by Gasteiger charge is -2.35. The van der Waals surface area contributed by atoms with Crippen LogP contribution in [-0.4, -0.2) is 49.2 Å². The Labute approximate surface area is 164 Å². The van der Waals surface area contributed by atoms with Crippen molar-refractivity contribution in [2.24, 2.45) is 0 Å². The molecule has 0 saturated heterocycles. The van der Waals surface area contributed by atoms with Crippen molar-refractivity contribution >= 4 is 23.6 Å². The van der Waals surface area contributed by atoms with Crippen molar-refractivity contribution in [1.82, 2.24) is 10.2 Å². The minimum absolute atomic E-state index is 0.0686. The van der Waals surface area contributed by atoms with Gasteiger partial charge in [-0.2, -0.15) is 0 Å². The summed E-state index contributed by atoms with van der Waals surface area (Å²) in [5.74, 6) is -0.777. The van der Waals surface area contributed by atoms with E-state index < -0.39 is 12.0 Å². The maximum atomic E-state index is 12.8. The molecule has 1 unspecified atom stereocenters. The first kappa shape index (κ1) is 21.4.